The summed E-state index contributed by atoms with van der Waals surface area (Å²) in [6, 6.07) is 61.9. The highest BCUT2D eigenvalue weighted by Crippen LogP contribution is 2.63. The highest BCUT2D eigenvalue weighted by molar-refractivity contribution is 6.01. The maximum atomic E-state index is 11.5. The Hall–Kier alpha value is -7.14. The zero-order valence-electron chi connectivity index (χ0n) is 29.5. The molecule has 0 aromatic heterocycles. The van der Waals surface area contributed by atoms with E-state index in [1.807, 2.05) is 36.4 Å². The van der Waals surface area contributed by atoms with Gasteiger partial charge in [0, 0.05) is 34.6 Å². The summed E-state index contributed by atoms with van der Waals surface area (Å²) in [7, 11) is 0. The predicted octanol–water partition coefficient (Wildman–Crippen LogP) is 13.7. The lowest BCUT2D eigenvalue weighted by atomic mass is 9.62. The van der Waals surface area contributed by atoms with Gasteiger partial charge in [-0.3, -0.25) is 0 Å². The second-order valence-electron chi connectivity index (χ2n) is 14.2. The number of anilines is 6. The highest BCUT2D eigenvalue weighted by Gasteiger charge is 2.45. The molecule has 2 unspecified atom stereocenters. The van der Waals surface area contributed by atoms with E-state index >= 15 is 0 Å². The molecule has 2 atom stereocenters. The van der Waals surface area contributed by atoms with E-state index in [2.05, 4.69) is 154 Å². The number of benzene rings is 8. The van der Waals surface area contributed by atoms with Crippen LogP contribution in [-0.4, -0.2) is 0 Å². The first-order valence-electron chi connectivity index (χ1n) is 18.5. The quantitative estimate of drug-likeness (QED) is 0.163. The molecule has 0 heterocycles. The molecule has 3 aliphatic carbocycles. The van der Waals surface area contributed by atoms with Crippen LogP contribution in [0.25, 0.3) is 26.4 Å². The summed E-state index contributed by atoms with van der Waals surface area (Å²) >= 11 is 0. The molecule has 0 saturated carbocycles. The fourth-order valence-corrected chi connectivity index (χ4v) is 9.12. The molecule has 3 aliphatic rings. The van der Waals surface area contributed by atoms with Crippen LogP contribution >= 0.6 is 0 Å². The maximum absolute atomic E-state index is 11.5. The fraction of sp³-hybridized carbons (Fsp3) is 0.0800. The molecule has 4 nitrogen and oxygen atoms in total. The van der Waals surface area contributed by atoms with Crippen LogP contribution in [0.4, 0.5) is 39.8 Å². The molecule has 8 aromatic rings. The van der Waals surface area contributed by atoms with Crippen molar-refractivity contribution in [3.8, 4) is 6.07 Å². The zero-order valence-corrected chi connectivity index (χ0v) is 29.5. The van der Waals surface area contributed by atoms with Gasteiger partial charge in [0.25, 0.3) is 0 Å². The average Bonchev–Trinajstić information content (AvgIpc) is 3.25. The molecule has 8 aromatic carbocycles. The van der Waals surface area contributed by atoms with E-state index in [-0.39, 0.29) is 11.8 Å². The zero-order chi connectivity index (χ0) is 36.2. The molecule has 4 heteroatoms. The van der Waals surface area contributed by atoms with Crippen LogP contribution in [0, 0.1) is 17.9 Å². The van der Waals surface area contributed by atoms with Crippen LogP contribution in [0.3, 0.4) is 0 Å². The molecule has 2 bridgehead atoms. The number of nitrogens with zero attached hydrogens (tertiary/aromatic N) is 4. The molecule has 0 N–H and O–H groups in total. The third-order valence-electron chi connectivity index (χ3n) is 11.4. The first-order chi connectivity index (χ1) is 26.7. The Kier molecular flexibility index (Phi) is 7.50. The Morgan fingerprint density at radius 3 is 1.39 bits per heavy atom. The molecule has 0 fully saturated rings. The lowest BCUT2D eigenvalue weighted by Gasteiger charge is -2.46. The van der Waals surface area contributed by atoms with Gasteiger partial charge in [-0.25, -0.2) is 4.85 Å². The number of rotatable bonds is 6. The lowest BCUT2D eigenvalue weighted by Crippen LogP contribution is -2.30. The summed E-state index contributed by atoms with van der Waals surface area (Å²) in [5, 5.41) is 16.0. The van der Waals surface area contributed by atoms with Gasteiger partial charge < -0.3 is 9.80 Å². The molecular formula is C50H34N4. The maximum Gasteiger partial charge on any atom is 0.230 e. The van der Waals surface area contributed by atoms with E-state index < -0.39 is 0 Å². The van der Waals surface area contributed by atoms with Gasteiger partial charge >= 0.3 is 0 Å². The molecule has 54 heavy (non-hydrogen) atoms. The number of fused-ring (bicyclic) bond motifs is 3. The SMILES string of the molecule is [C-]#[N+]c1c(C#N)c(N(c2ccccc2)c2ccc3ccccc3c2)c2c(c1N(c1ccccc1)c1ccc3ccccc3c1)C1CCC2c2ccccc21. The smallest absolute Gasteiger partial charge is 0.230 e. The summed E-state index contributed by atoms with van der Waals surface area (Å²) in [5.74, 6) is 0.0896. The van der Waals surface area contributed by atoms with Crippen molar-refractivity contribution in [2.24, 2.45) is 0 Å². The third-order valence-corrected chi connectivity index (χ3v) is 11.4. The topological polar surface area (TPSA) is 34.6 Å². The fourth-order valence-electron chi connectivity index (χ4n) is 9.12. The first-order valence-corrected chi connectivity index (χ1v) is 18.5. The van der Waals surface area contributed by atoms with Crippen LogP contribution in [0.2, 0.25) is 0 Å². The van der Waals surface area contributed by atoms with Crippen LogP contribution in [-0.2, 0) is 0 Å². The van der Waals surface area contributed by atoms with E-state index in [1.165, 1.54) is 11.1 Å². The summed E-state index contributed by atoms with van der Waals surface area (Å²) in [5.41, 5.74) is 11.1. The normalized spacial score (nSPS) is 15.2. The molecule has 0 saturated heterocycles. The van der Waals surface area contributed by atoms with Gasteiger partial charge in [-0.1, -0.05) is 121 Å². The van der Waals surface area contributed by atoms with Gasteiger partial charge in [0.1, 0.15) is 0 Å². The lowest BCUT2D eigenvalue weighted by molar-refractivity contribution is 0.521. The summed E-state index contributed by atoms with van der Waals surface area (Å²) in [4.78, 5) is 8.85. The van der Waals surface area contributed by atoms with E-state index in [1.54, 1.807) is 0 Å². The minimum atomic E-state index is 0.0442. The van der Waals surface area contributed by atoms with Crippen molar-refractivity contribution in [3.05, 3.63) is 209 Å². The van der Waals surface area contributed by atoms with Crippen molar-refractivity contribution >= 4 is 61.4 Å². The van der Waals surface area contributed by atoms with E-state index in [4.69, 9.17) is 6.57 Å². The second kappa shape index (κ2) is 12.8. The number of hydrogen-bond acceptors (Lipinski definition) is 3. The van der Waals surface area contributed by atoms with Crippen molar-refractivity contribution in [2.45, 2.75) is 24.7 Å². The van der Waals surface area contributed by atoms with Crippen molar-refractivity contribution < 1.29 is 0 Å². The van der Waals surface area contributed by atoms with Gasteiger partial charge in [0.05, 0.1) is 29.6 Å². The minimum absolute atomic E-state index is 0.0442. The first kappa shape index (κ1) is 31.6. The van der Waals surface area contributed by atoms with E-state index in [9.17, 15) is 5.26 Å². The van der Waals surface area contributed by atoms with Crippen molar-refractivity contribution in [1.29, 1.82) is 5.26 Å². The number of nitriles is 1. The van der Waals surface area contributed by atoms with Gasteiger partial charge in [-0.2, -0.15) is 5.26 Å². The van der Waals surface area contributed by atoms with Gasteiger partial charge in [-0.15, -0.1) is 0 Å². The molecule has 0 aliphatic heterocycles. The third kappa shape index (κ3) is 4.89. The van der Waals surface area contributed by atoms with E-state index in [0.717, 1.165) is 79.6 Å². The number of para-hydroxylation sites is 2. The van der Waals surface area contributed by atoms with Crippen LogP contribution in [0.5, 0.6) is 0 Å². The molecule has 0 spiro atoms. The molecular weight excluding hydrogens is 657 g/mol. The Balaban J connectivity index is 1.35. The molecule has 254 valence electrons. The monoisotopic (exact) mass is 690 g/mol. The Bertz CT molecular complexity index is 2630. The summed E-state index contributed by atoms with van der Waals surface area (Å²) in [6.45, 7) is 8.96. The van der Waals surface area contributed by atoms with Crippen molar-refractivity contribution in [1.82, 2.24) is 0 Å². The van der Waals surface area contributed by atoms with E-state index in [0.29, 0.717) is 11.3 Å². The van der Waals surface area contributed by atoms with Gasteiger partial charge in [-0.05, 0) is 105 Å². The Labute approximate surface area is 315 Å². The second-order valence-corrected chi connectivity index (χ2v) is 14.2. The van der Waals surface area contributed by atoms with Crippen molar-refractivity contribution in [2.75, 3.05) is 9.80 Å². The number of hydrogen-bond donors (Lipinski definition) is 0. The van der Waals surface area contributed by atoms with Gasteiger partial charge in [0.2, 0.25) is 5.69 Å². The van der Waals surface area contributed by atoms with Crippen molar-refractivity contribution in [3.63, 3.8) is 0 Å². The van der Waals surface area contributed by atoms with Gasteiger partial charge in [0.15, 0.2) is 0 Å². The molecule has 11 rings (SSSR count). The minimum Gasteiger partial charge on any atom is -0.320 e. The predicted molar refractivity (Wildman–Crippen MR) is 221 cm³/mol. The average molecular weight is 691 g/mol. The van der Waals surface area contributed by atoms with Crippen LogP contribution in [0.15, 0.2) is 170 Å². The van der Waals surface area contributed by atoms with Crippen LogP contribution in [0.1, 0.15) is 52.5 Å². The standard InChI is InChI=1S/C50H34N4/c1-52-48-45(32-51)49(53(37-18-4-2-5-19-37)39-26-24-33-14-8-10-16-35(33)30-39)46-43-28-29-44(42-23-13-12-22-41(42)43)47(46)50(48)54(38-20-6-3-7-21-38)40-27-25-34-15-9-11-17-36(34)31-40/h2-27,30-31,43-44H,28-29H2. The largest absolute Gasteiger partial charge is 0.320 e. The van der Waals surface area contributed by atoms with Crippen LogP contribution < -0.4 is 9.80 Å². The molecule has 0 amide bonds. The Morgan fingerprint density at radius 1 is 0.481 bits per heavy atom. The summed E-state index contributed by atoms with van der Waals surface area (Å²) < 4.78 is 0. The molecule has 0 radical (unpaired) electrons. The summed E-state index contributed by atoms with van der Waals surface area (Å²) in [6.07, 6.45) is 1.93. The Morgan fingerprint density at radius 2 is 0.907 bits per heavy atom. The highest BCUT2D eigenvalue weighted by atomic mass is 15.2.